The normalized spacial score (nSPS) is 17.5. The molecule has 1 aliphatic rings. The summed E-state index contributed by atoms with van der Waals surface area (Å²) in [5.41, 5.74) is 5.47. The third-order valence-electron chi connectivity index (χ3n) is 3.26. The molecule has 0 amide bonds. The highest BCUT2D eigenvalue weighted by atomic mass is 35.5. The minimum Gasteiger partial charge on any atom is -0.326 e. The van der Waals surface area contributed by atoms with E-state index in [1.807, 2.05) is 0 Å². The summed E-state index contributed by atoms with van der Waals surface area (Å²) in [5, 5.41) is 0.154. The van der Waals surface area contributed by atoms with Gasteiger partial charge in [0.25, 0.3) is 0 Å². The largest absolute Gasteiger partial charge is 0.326 e. The van der Waals surface area contributed by atoms with E-state index in [4.69, 9.17) is 17.3 Å². The predicted octanol–water partition coefficient (Wildman–Crippen LogP) is 2.01. The molecule has 4 nitrogen and oxygen atoms in total. The minimum absolute atomic E-state index is 0.0898. The molecule has 0 bridgehead atoms. The molecule has 0 heterocycles. The maximum Gasteiger partial charge on any atom is 0.243 e. The van der Waals surface area contributed by atoms with E-state index < -0.39 is 20.7 Å². The van der Waals surface area contributed by atoms with Crippen molar-refractivity contribution < 1.29 is 12.8 Å². The first-order valence-electron chi connectivity index (χ1n) is 6.05. The van der Waals surface area contributed by atoms with Gasteiger partial charge in [-0.05, 0) is 37.8 Å². The van der Waals surface area contributed by atoms with Gasteiger partial charge in [0.15, 0.2) is 0 Å². The monoisotopic (exact) mass is 306 g/mol. The molecule has 1 aromatic rings. The highest BCUT2D eigenvalue weighted by molar-refractivity contribution is 7.89. The number of benzene rings is 1. The summed E-state index contributed by atoms with van der Waals surface area (Å²) in [6, 6.07) is 2.24. The van der Waals surface area contributed by atoms with Crippen LogP contribution in [-0.2, 0) is 16.6 Å². The average Bonchev–Trinajstić information content (AvgIpc) is 3.14. The molecule has 1 unspecified atom stereocenters. The predicted molar refractivity (Wildman–Crippen MR) is 71.8 cm³/mol. The van der Waals surface area contributed by atoms with E-state index in [-0.39, 0.29) is 23.2 Å². The number of nitrogens with two attached hydrogens (primary N) is 1. The maximum absolute atomic E-state index is 14.1. The fraction of sp³-hybridized carbons (Fsp3) is 0.500. The van der Waals surface area contributed by atoms with Crippen LogP contribution in [0.15, 0.2) is 17.0 Å². The lowest BCUT2D eigenvalue weighted by Crippen LogP contribution is -2.34. The van der Waals surface area contributed by atoms with Gasteiger partial charge in [-0.1, -0.05) is 11.6 Å². The summed E-state index contributed by atoms with van der Waals surface area (Å²) in [7, 11) is -3.92. The van der Waals surface area contributed by atoms with E-state index in [0.717, 1.165) is 18.9 Å². The van der Waals surface area contributed by atoms with Crippen molar-refractivity contribution in [1.29, 1.82) is 0 Å². The highest BCUT2D eigenvalue weighted by Crippen LogP contribution is 2.33. The fourth-order valence-corrected chi connectivity index (χ4v) is 3.73. The van der Waals surface area contributed by atoms with E-state index in [2.05, 4.69) is 4.72 Å². The number of halogens is 2. The van der Waals surface area contributed by atoms with Gasteiger partial charge >= 0.3 is 0 Å². The first-order valence-corrected chi connectivity index (χ1v) is 7.91. The summed E-state index contributed by atoms with van der Waals surface area (Å²) in [4.78, 5) is -0.437. The molecule has 1 aromatic carbocycles. The Labute approximate surface area is 117 Å². The lowest BCUT2D eigenvalue weighted by Gasteiger charge is -2.15. The van der Waals surface area contributed by atoms with Gasteiger partial charge in [-0.2, -0.15) is 0 Å². The number of rotatable bonds is 5. The minimum atomic E-state index is -3.92. The van der Waals surface area contributed by atoms with Crippen LogP contribution in [0.3, 0.4) is 0 Å². The molecule has 0 saturated heterocycles. The van der Waals surface area contributed by atoms with Crippen LogP contribution in [0.5, 0.6) is 0 Å². The second-order valence-electron chi connectivity index (χ2n) is 4.83. The molecule has 19 heavy (non-hydrogen) atoms. The zero-order valence-electron chi connectivity index (χ0n) is 10.5. The van der Waals surface area contributed by atoms with Crippen LogP contribution in [-0.4, -0.2) is 14.5 Å². The number of hydrogen-bond donors (Lipinski definition) is 2. The summed E-state index contributed by atoms with van der Waals surface area (Å²) >= 11 is 5.80. The molecule has 0 aliphatic heterocycles. The Balaban J connectivity index is 2.36. The Morgan fingerprint density at radius 1 is 1.53 bits per heavy atom. The molecule has 106 valence electrons. The van der Waals surface area contributed by atoms with Gasteiger partial charge in [0.2, 0.25) is 10.0 Å². The van der Waals surface area contributed by atoms with Crippen molar-refractivity contribution in [3.63, 3.8) is 0 Å². The summed E-state index contributed by atoms with van der Waals surface area (Å²) in [5.74, 6) is -0.492. The van der Waals surface area contributed by atoms with E-state index >= 15 is 0 Å². The molecule has 1 fully saturated rings. The molecule has 0 spiro atoms. The van der Waals surface area contributed by atoms with Crippen LogP contribution in [0.1, 0.15) is 25.3 Å². The topological polar surface area (TPSA) is 72.2 Å². The summed E-state index contributed by atoms with van der Waals surface area (Å²) in [6.07, 6.45) is 1.99. The molecule has 0 aromatic heterocycles. The maximum atomic E-state index is 14.1. The first kappa shape index (κ1) is 14.7. The molecular formula is C12H16ClFN2O2S. The Morgan fingerprint density at radius 3 is 2.68 bits per heavy atom. The second kappa shape index (κ2) is 5.36. The third kappa shape index (κ3) is 3.25. The van der Waals surface area contributed by atoms with Crippen molar-refractivity contribution in [3.05, 3.63) is 28.5 Å². The van der Waals surface area contributed by atoms with Gasteiger partial charge in [0, 0.05) is 23.2 Å². The van der Waals surface area contributed by atoms with Crippen LogP contribution in [0.2, 0.25) is 5.02 Å². The Hall–Kier alpha value is -0.690. The molecule has 0 radical (unpaired) electrons. The van der Waals surface area contributed by atoms with Gasteiger partial charge < -0.3 is 5.73 Å². The Kier molecular flexibility index (Phi) is 4.15. The second-order valence-corrected chi connectivity index (χ2v) is 6.95. The molecule has 1 aliphatic carbocycles. The molecule has 3 N–H and O–H groups in total. The fourth-order valence-electron chi connectivity index (χ4n) is 1.96. The summed E-state index contributed by atoms with van der Waals surface area (Å²) < 4.78 is 40.9. The van der Waals surface area contributed by atoms with Crippen LogP contribution in [0.25, 0.3) is 0 Å². The number of nitrogens with one attached hydrogen (secondary N) is 1. The van der Waals surface area contributed by atoms with E-state index in [1.165, 1.54) is 6.07 Å². The van der Waals surface area contributed by atoms with Crippen LogP contribution in [0, 0.1) is 11.7 Å². The van der Waals surface area contributed by atoms with Crippen molar-refractivity contribution in [1.82, 2.24) is 4.72 Å². The molecule has 2 rings (SSSR count). The van der Waals surface area contributed by atoms with Gasteiger partial charge in [0.05, 0.1) is 0 Å². The lowest BCUT2D eigenvalue weighted by molar-refractivity contribution is 0.523. The quantitative estimate of drug-likeness (QED) is 0.874. The SMILES string of the molecule is CC(NS(=O)(=O)c1cc(Cl)cc(CN)c1F)C1CC1. The van der Waals surface area contributed by atoms with Gasteiger partial charge in [-0.25, -0.2) is 17.5 Å². The van der Waals surface area contributed by atoms with Crippen LogP contribution >= 0.6 is 11.6 Å². The highest BCUT2D eigenvalue weighted by Gasteiger charge is 2.32. The van der Waals surface area contributed by atoms with E-state index in [0.29, 0.717) is 5.92 Å². The number of hydrogen-bond acceptors (Lipinski definition) is 3. The van der Waals surface area contributed by atoms with Crippen molar-refractivity contribution >= 4 is 21.6 Å². The van der Waals surface area contributed by atoms with E-state index in [9.17, 15) is 12.8 Å². The smallest absolute Gasteiger partial charge is 0.243 e. The van der Waals surface area contributed by atoms with Crippen LogP contribution in [0.4, 0.5) is 4.39 Å². The molecular weight excluding hydrogens is 291 g/mol. The van der Waals surface area contributed by atoms with Gasteiger partial charge in [-0.3, -0.25) is 0 Å². The third-order valence-corrected chi connectivity index (χ3v) is 5.04. The Morgan fingerprint density at radius 2 is 2.16 bits per heavy atom. The van der Waals surface area contributed by atoms with Gasteiger partial charge in [0.1, 0.15) is 10.7 Å². The zero-order chi connectivity index (χ0) is 14.2. The molecule has 1 atom stereocenters. The van der Waals surface area contributed by atoms with Crippen LogP contribution < -0.4 is 10.5 Å². The van der Waals surface area contributed by atoms with Crippen molar-refractivity contribution in [2.45, 2.75) is 37.2 Å². The average molecular weight is 307 g/mol. The molecule has 7 heteroatoms. The molecule has 1 saturated carbocycles. The van der Waals surface area contributed by atoms with Gasteiger partial charge in [-0.15, -0.1) is 0 Å². The lowest BCUT2D eigenvalue weighted by atomic mass is 10.2. The van der Waals surface area contributed by atoms with Crippen molar-refractivity contribution in [2.24, 2.45) is 11.7 Å². The zero-order valence-corrected chi connectivity index (χ0v) is 12.1. The number of sulfonamides is 1. The standard InChI is InChI=1S/C12H16ClFN2O2S/c1-7(8-2-3-8)16-19(17,18)11-5-10(13)4-9(6-15)12(11)14/h4-5,7-8,16H,2-3,6,15H2,1H3. The van der Waals surface area contributed by atoms with Crippen molar-refractivity contribution in [3.8, 4) is 0 Å². The first-order chi connectivity index (χ1) is 8.85. The Bertz CT molecular complexity index is 588. The summed E-state index contributed by atoms with van der Waals surface area (Å²) in [6.45, 7) is 1.68. The van der Waals surface area contributed by atoms with E-state index in [1.54, 1.807) is 6.92 Å². The van der Waals surface area contributed by atoms with Crippen molar-refractivity contribution in [2.75, 3.05) is 0 Å².